The van der Waals surface area contributed by atoms with Gasteiger partial charge in [0.25, 0.3) is 0 Å². The average molecular weight is 256 g/mol. The molecule has 0 N–H and O–H groups in total. The molecule has 1 aromatic carbocycles. The van der Waals surface area contributed by atoms with Gasteiger partial charge < -0.3 is 14.4 Å². The Balaban J connectivity index is 1.75. The van der Waals surface area contributed by atoms with Crippen molar-refractivity contribution < 1.29 is 0 Å². The van der Waals surface area contributed by atoms with Crippen LogP contribution in [0.3, 0.4) is 0 Å². The Bertz CT molecular complexity index is 512. The van der Waals surface area contributed by atoms with Gasteiger partial charge in [-0.15, -0.1) is 0 Å². The quantitative estimate of drug-likeness (QED) is 0.835. The van der Waals surface area contributed by atoms with E-state index in [2.05, 4.69) is 62.9 Å². The van der Waals surface area contributed by atoms with Crippen molar-refractivity contribution in [2.24, 2.45) is 0 Å². The number of anilines is 1. The molecule has 0 unspecified atom stereocenters. The summed E-state index contributed by atoms with van der Waals surface area (Å²) in [4.78, 5) is 9.27. The van der Waals surface area contributed by atoms with Crippen LogP contribution in [-0.2, 0) is 6.54 Å². The smallest absolute Gasteiger partial charge is 0.205 e. The first kappa shape index (κ1) is 12.2. The number of nitrogens with zero attached hydrogens (tertiary/aromatic N) is 4. The molecule has 100 valence electrons. The van der Waals surface area contributed by atoms with Crippen LogP contribution in [-0.4, -0.2) is 47.7 Å². The molecule has 1 aromatic heterocycles. The minimum absolute atomic E-state index is 0.891. The standard InChI is InChI=1S/C15H20N4/c1-17-9-11-18(12-10-17)15-16-7-8-19(15)13-14-5-3-2-4-6-14/h2-8H,9-13H2,1H3. The van der Waals surface area contributed by atoms with Crippen LogP contribution >= 0.6 is 0 Å². The Morgan fingerprint density at radius 1 is 1.05 bits per heavy atom. The van der Waals surface area contributed by atoms with Gasteiger partial charge in [-0.3, -0.25) is 0 Å². The van der Waals surface area contributed by atoms with Gasteiger partial charge in [0, 0.05) is 38.6 Å². The van der Waals surface area contributed by atoms with Crippen molar-refractivity contribution in [2.45, 2.75) is 6.54 Å². The van der Waals surface area contributed by atoms with E-state index in [1.807, 2.05) is 6.20 Å². The molecule has 19 heavy (non-hydrogen) atoms. The van der Waals surface area contributed by atoms with Crippen LogP contribution in [0.2, 0.25) is 0 Å². The third kappa shape index (κ3) is 2.79. The van der Waals surface area contributed by atoms with E-state index in [1.165, 1.54) is 5.56 Å². The Hall–Kier alpha value is -1.81. The second kappa shape index (κ2) is 5.45. The van der Waals surface area contributed by atoms with Crippen molar-refractivity contribution in [2.75, 3.05) is 38.1 Å². The normalized spacial score (nSPS) is 16.8. The molecule has 1 saturated heterocycles. The summed E-state index contributed by atoms with van der Waals surface area (Å²) in [5.41, 5.74) is 1.32. The van der Waals surface area contributed by atoms with Crippen LogP contribution in [0.25, 0.3) is 0 Å². The van der Waals surface area contributed by atoms with Crippen molar-refractivity contribution in [3.8, 4) is 0 Å². The third-order valence-corrected chi connectivity index (χ3v) is 3.68. The molecule has 2 heterocycles. The molecular formula is C15H20N4. The second-order valence-corrected chi connectivity index (χ2v) is 5.13. The average Bonchev–Trinajstić information content (AvgIpc) is 2.89. The molecule has 0 aliphatic carbocycles. The molecule has 3 rings (SSSR count). The van der Waals surface area contributed by atoms with Gasteiger partial charge in [0.1, 0.15) is 0 Å². The lowest BCUT2D eigenvalue weighted by Crippen LogP contribution is -2.45. The topological polar surface area (TPSA) is 24.3 Å². The van der Waals surface area contributed by atoms with Crippen LogP contribution in [0.4, 0.5) is 5.95 Å². The Kier molecular flexibility index (Phi) is 3.51. The monoisotopic (exact) mass is 256 g/mol. The van der Waals surface area contributed by atoms with E-state index < -0.39 is 0 Å². The van der Waals surface area contributed by atoms with Crippen molar-refractivity contribution in [1.29, 1.82) is 0 Å². The lowest BCUT2D eigenvalue weighted by molar-refractivity contribution is 0.310. The highest BCUT2D eigenvalue weighted by Gasteiger charge is 2.17. The molecule has 1 fully saturated rings. The van der Waals surface area contributed by atoms with Crippen molar-refractivity contribution in [1.82, 2.24) is 14.5 Å². The molecular weight excluding hydrogens is 236 g/mol. The number of imidazole rings is 1. The highest BCUT2D eigenvalue weighted by Crippen LogP contribution is 2.15. The fourth-order valence-electron chi connectivity index (χ4n) is 2.49. The van der Waals surface area contributed by atoms with E-state index in [9.17, 15) is 0 Å². The first-order valence-corrected chi connectivity index (χ1v) is 6.81. The molecule has 1 aliphatic heterocycles. The SMILES string of the molecule is CN1CCN(c2nccn2Cc2ccccc2)CC1. The number of hydrogen-bond donors (Lipinski definition) is 0. The molecule has 0 spiro atoms. The zero-order valence-electron chi connectivity index (χ0n) is 11.4. The molecule has 0 amide bonds. The number of rotatable bonds is 3. The molecule has 0 radical (unpaired) electrons. The summed E-state index contributed by atoms with van der Waals surface area (Å²) in [5, 5.41) is 0. The van der Waals surface area contributed by atoms with Gasteiger partial charge in [0.2, 0.25) is 5.95 Å². The fraction of sp³-hybridized carbons (Fsp3) is 0.400. The number of benzene rings is 1. The summed E-state index contributed by atoms with van der Waals surface area (Å²) >= 11 is 0. The van der Waals surface area contributed by atoms with E-state index in [4.69, 9.17) is 0 Å². The van der Waals surface area contributed by atoms with Gasteiger partial charge in [0.05, 0.1) is 6.54 Å². The van der Waals surface area contributed by atoms with E-state index in [1.54, 1.807) is 0 Å². The predicted molar refractivity (Wildman–Crippen MR) is 77.5 cm³/mol. The highest BCUT2D eigenvalue weighted by atomic mass is 15.3. The number of aromatic nitrogens is 2. The zero-order chi connectivity index (χ0) is 13.1. The maximum atomic E-state index is 4.53. The number of piperazine rings is 1. The summed E-state index contributed by atoms with van der Waals surface area (Å²) in [5.74, 6) is 1.09. The molecule has 4 heteroatoms. The first-order chi connectivity index (χ1) is 9.33. The molecule has 0 atom stereocenters. The van der Waals surface area contributed by atoms with Gasteiger partial charge in [-0.25, -0.2) is 4.98 Å². The highest BCUT2D eigenvalue weighted by molar-refractivity contribution is 5.33. The summed E-state index contributed by atoms with van der Waals surface area (Å²) in [6.45, 7) is 5.23. The number of likely N-dealkylation sites (N-methyl/N-ethyl adjacent to an activating group) is 1. The van der Waals surface area contributed by atoms with Gasteiger partial charge in [0.15, 0.2) is 0 Å². The largest absolute Gasteiger partial charge is 0.340 e. The minimum Gasteiger partial charge on any atom is -0.340 e. The lowest BCUT2D eigenvalue weighted by Gasteiger charge is -2.33. The van der Waals surface area contributed by atoms with E-state index >= 15 is 0 Å². The van der Waals surface area contributed by atoms with Gasteiger partial charge in [-0.05, 0) is 12.6 Å². The summed E-state index contributed by atoms with van der Waals surface area (Å²) in [7, 11) is 2.17. The van der Waals surface area contributed by atoms with E-state index in [0.717, 1.165) is 38.7 Å². The molecule has 4 nitrogen and oxygen atoms in total. The Morgan fingerprint density at radius 3 is 2.53 bits per heavy atom. The summed E-state index contributed by atoms with van der Waals surface area (Å²) in [6, 6.07) is 10.5. The number of hydrogen-bond acceptors (Lipinski definition) is 3. The zero-order valence-corrected chi connectivity index (χ0v) is 11.4. The van der Waals surface area contributed by atoms with E-state index in [-0.39, 0.29) is 0 Å². The van der Waals surface area contributed by atoms with E-state index in [0.29, 0.717) is 0 Å². The molecule has 0 bridgehead atoms. The van der Waals surface area contributed by atoms with Crippen molar-refractivity contribution in [3.05, 3.63) is 48.3 Å². The van der Waals surface area contributed by atoms with Gasteiger partial charge >= 0.3 is 0 Å². The van der Waals surface area contributed by atoms with Crippen LogP contribution < -0.4 is 4.90 Å². The molecule has 0 saturated carbocycles. The van der Waals surface area contributed by atoms with Gasteiger partial charge in [-0.2, -0.15) is 0 Å². The van der Waals surface area contributed by atoms with Crippen LogP contribution in [0, 0.1) is 0 Å². The first-order valence-electron chi connectivity index (χ1n) is 6.81. The molecule has 2 aromatic rings. The maximum absolute atomic E-state index is 4.53. The summed E-state index contributed by atoms with van der Waals surface area (Å²) in [6.07, 6.45) is 3.97. The van der Waals surface area contributed by atoms with Gasteiger partial charge in [-0.1, -0.05) is 30.3 Å². The Morgan fingerprint density at radius 2 is 1.79 bits per heavy atom. The fourth-order valence-corrected chi connectivity index (χ4v) is 2.49. The van der Waals surface area contributed by atoms with Crippen molar-refractivity contribution >= 4 is 5.95 Å². The summed E-state index contributed by atoms with van der Waals surface area (Å²) < 4.78 is 2.24. The van der Waals surface area contributed by atoms with Crippen molar-refractivity contribution in [3.63, 3.8) is 0 Å². The molecule has 1 aliphatic rings. The van der Waals surface area contributed by atoms with Crippen LogP contribution in [0.5, 0.6) is 0 Å². The third-order valence-electron chi connectivity index (χ3n) is 3.68. The maximum Gasteiger partial charge on any atom is 0.205 e. The minimum atomic E-state index is 0.891. The predicted octanol–water partition coefficient (Wildman–Crippen LogP) is 1.68. The van der Waals surface area contributed by atoms with Crippen LogP contribution in [0.15, 0.2) is 42.7 Å². The van der Waals surface area contributed by atoms with Crippen LogP contribution in [0.1, 0.15) is 5.56 Å². The Labute approximate surface area is 114 Å². The second-order valence-electron chi connectivity index (χ2n) is 5.13. The lowest BCUT2D eigenvalue weighted by atomic mass is 10.2.